The summed E-state index contributed by atoms with van der Waals surface area (Å²) in [6, 6.07) is 3.66. The third kappa shape index (κ3) is 3.93. The van der Waals surface area contributed by atoms with Crippen molar-refractivity contribution in [2.75, 3.05) is 0 Å². The number of benzene rings is 1. The third-order valence-corrected chi connectivity index (χ3v) is 2.03. The van der Waals surface area contributed by atoms with E-state index in [4.69, 9.17) is 10.5 Å². The molecule has 0 aliphatic rings. The van der Waals surface area contributed by atoms with Gasteiger partial charge in [0.15, 0.2) is 0 Å². The van der Waals surface area contributed by atoms with Crippen molar-refractivity contribution in [3.8, 4) is 5.75 Å². The molecule has 0 bridgehead atoms. The van der Waals surface area contributed by atoms with Gasteiger partial charge in [0.1, 0.15) is 11.4 Å². The van der Waals surface area contributed by atoms with Gasteiger partial charge in [-0.2, -0.15) is 13.2 Å². The highest BCUT2D eigenvalue weighted by Crippen LogP contribution is 2.34. The van der Waals surface area contributed by atoms with Crippen molar-refractivity contribution in [2.45, 2.75) is 39.1 Å². The molecule has 0 heterocycles. The lowest BCUT2D eigenvalue weighted by Crippen LogP contribution is -2.23. The van der Waals surface area contributed by atoms with Crippen LogP contribution in [0.25, 0.3) is 0 Å². The predicted octanol–water partition coefficient (Wildman–Crippen LogP) is 3.34. The van der Waals surface area contributed by atoms with E-state index in [-0.39, 0.29) is 12.1 Å². The monoisotopic (exact) mass is 247 g/mol. The molecule has 0 amide bonds. The molecule has 0 unspecified atom stereocenters. The average molecular weight is 247 g/mol. The quantitative estimate of drug-likeness (QED) is 0.869. The molecule has 0 saturated carbocycles. The molecular weight excluding hydrogens is 231 g/mol. The Hall–Kier alpha value is -1.23. The Kier molecular flexibility index (Phi) is 3.71. The zero-order valence-electron chi connectivity index (χ0n) is 10.1. The summed E-state index contributed by atoms with van der Waals surface area (Å²) in [6.45, 7) is 5.31. The minimum Gasteiger partial charge on any atom is -0.488 e. The van der Waals surface area contributed by atoms with Gasteiger partial charge in [0.2, 0.25) is 0 Å². The summed E-state index contributed by atoms with van der Waals surface area (Å²) in [6.07, 6.45) is -4.38. The number of hydrogen-bond acceptors (Lipinski definition) is 2. The van der Waals surface area contributed by atoms with Crippen molar-refractivity contribution >= 4 is 0 Å². The molecule has 1 rings (SSSR count). The van der Waals surface area contributed by atoms with Crippen LogP contribution in [-0.4, -0.2) is 5.60 Å². The van der Waals surface area contributed by atoms with E-state index in [0.29, 0.717) is 5.75 Å². The number of rotatable bonds is 2. The van der Waals surface area contributed by atoms with Gasteiger partial charge in [0.05, 0.1) is 5.56 Å². The summed E-state index contributed by atoms with van der Waals surface area (Å²) >= 11 is 0. The number of ether oxygens (including phenoxy) is 1. The van der Waals surface area contributed by atoms with Crippen LogP contribution in [0.15, 0.2) is 18.2 Å². The summed E-state index contributed by atoms with van der Waals surface area (Å²) in [4.78, 5) is 0. The van der Waals surface area contributed by atoms with Crippen molar-refractivity contribution in [2.24, 2.45) is 5.73 Å². The number of hydrogen-bond donors (Lipinski definition) is 1. The van der Waals surface area contributed by atoms with Crippen molar-refractivity contribution in [1.29, 1.82) is 0 Å². The molecule has 1 aromatic carbocycles. The van der Waals surface area contributed by atoms with E-state index in [9.17, 15) is 13.2 Å². The second-order valence-corrected chi connectivity index (χ2v) is 4.74. The smallest absolute Gasteiger partial charge is 0.416 e. The lowest BCUT2D eigenvalue weighted by molar-refractivity contribution is -0.138. The molecule has 17 heavy (non-hydrogen) atoms. The van der Waals surface area contributed by atoms with Crippen LogP contribution < -0.4 is 10.5 Å². The fourth-order valence-corrected chi connectivity index (χ4v) is 1.43. The lowest BCUT2D eigenvalue weighted by Gasteiger charge is -2.22. The topological polar surface area (TPSA) is 35.2 Å². The van der Waals surface area contributed by atoms with Crippen LogP contribution in [0.1, 0.15) is 31.9 Å². The maximum Gasteiger partial charge on any atom is 0.416 e. The maximum atomic E-state index is 12.6. The van der Waals surface area contributed by atoms with Gasteiger partial charge in [0, 0.05) is 6.54 Å². The van der Waals surface area contributed by atoms with E-state index in [1.165, 1.54) is 12.1 Å². The molecule has 2 N–H and O–H groups in total. The highest BCUT2D eigenvalue weighted by Gasteiger charge is 2.33. The van der Waals surface area contributed by atoms with Crippen LogP contribution in [0.5, 0.6) is 5.75 Å². The Labute approximate surface area is 98.6 Å². The molecule has 0 fully saturated rings. The molecule has 0 spiro atoms. The average Bonchev–Trinajstić information content (AvgIpc) is 2.13. The lowest BCUT2D eigenvalue weighted by atomic mass is 10.1. The summed E-state index contributed by atoms with van der Waals surface area (Å²) in [7, 11) is 0. The van der Waals surface area contributed by atoms with Gasteiger partial charge < -0.3 is 10.5 Å². The van der Waals surface area contributed by atoms with Gasteiger partial charge in [-0.3, -0.25) is 0 Å². The first kappa shape index (κ1) is 13.8. The zero-order valence-corrected chi connectivity index (χ0v) is 10.1. The Morgan fingerprint density at radius 2 is 1.76 bits per heavy atom. The molecule has 0 aliphatic heterocycles. The molecular formula is C12H16F3NO. The van der Waals surface area contributed by atoms with Crippen LogP contribution in [0, 0.1) is 0 Å². The van der Waals surface area contributed by atoms with Crippen LogP contribution in [0.2, 0.25) is 0 Å². The summed E-state index contributed by atoms with van der Waals surface area (Å²) < 4.78 is 43.3. The van der Waals surface area contributed by atoms with Gasteiger partial charge in [-0.1, -0.05) is 0 Å². The molecule has 2 nitrogen and oxygen atoms in total. The fraction of sp³-hybridized carbons (Fsp3) is 0.500. The standard InChI is InChI=1S/C12H16F3NO/c1-11(2,3)17-9-4-5-10(12(13,14)15)8(6-9)7-16/h4-6H,7,16H2,1-3H3. The van der Waals surface area contributed by atoms with Crippen LogP contribution in [-0.2, 0) is 12.7 Å². The van der Waals surface area contributed by atoms with Crippen molar-refractivity contribution in [3.63, 3.8) is 0 Å². The minimum atomic E-state index is -4.38. The Morgan fingerprint density at radius 1 is 1.18 bits per heavy atom. The van der Waals surface area contributed by atoms with Crippen LogP contribution >= 0.6 is 0 Å². The van der Waals surface area contributed by atoms with Gasteiger partial charge in [-0.05, 0) is 44.5 Å². The van der Waals surface area contributed by atoms with E-state index < -0.39 is 17.3 Å². The molecule has 0 aromatic heterocycles. The number of nitrogens with two attached hydrogens (primary N) is 1. The first-order valence-corrected chi connectivity index (χ1v) is 5.23. The van der Waals surface area contributed by atoms with E-state index in [1.54, 1.807) is 0 Å². The number of halogens is 3. The summed E-state index contributed by atoms with van der Waals surface area (Å²) in [5.41, 5.74) is 4.21. The first-order valence-electron chi connectivity index (χ1n) is 5.23. The second kappa shape index (κ2) is 4.56. The van der Waals surface area contributed by atoms with Crippen LogP contribution in [0.4, 0.5) is 13.2 Å². The van der Waals surface area contributed by atoms with Crippen molar-refractivity contribution < 1.29 is 17.9 Å². The van der Waals surface area contributed by atoms with Crippen molar-refractivity contribution in [3.05, 3.63) is 29.3 Å². The highest BCUT2D eigenvalue weighted by molar-refractivity contribution is 5.37. The molecule has 96 valence electrons. The Morgan fingerprint density at radius 3 is 2.18 bits per heavy atom. The highest BCUT2D eigenvalue weighted by atomic mass is 19.4. The molecule has 0 saturated heterocycles. The molecule has 0 atom stereocenters. The van der Waals surface area contributed by atoms with Gasteiger partial charge in [0.25, 0.3) is 0 Å². The third-order valence-electron chi connectivity index (χ3n) is 2.03. The van der Waals surface area contributed by atoms with Crippen molar-refractivity contribution in [1.82, 2.24) is 0 Å². The van der Waals surface area contributed by atoms with Gasteiger partial charge >= 0.3 is 6.18 Å². The van der Waals surface area contributed by atoms with E-state index >= 15 is 0 Å². The largest absolute Gasteiger partial charge is 0.488 e. The van der Waals surface area contributed by atoms with Gasteiger partial charge in [-0.15, -0.1) is 0 Å². The van der Waals surface area contributed by atoms with E-state index in [0.717, 1.165) is 6.07 Å². The molecule has 5 heteroatoms. The molecule has 1 aromatic rings. The van der Waals surface area contributed by atoms with Crippen LogP contribution in [0.3, 0.4) is 0 Å². The number of alkyl halides is 3. The normalized spacial score (nSPS) is 12.6. The maximum absolute atomic E-state index is 12.6. The molecule has 0 radical (unpaired) electrons. The minimum absolute atomic E-state index is 0.0410. The Bertz CT molecular complexity index is 394. The van der Waals surface area contributed by atoms with E-state index in [1.807, 2.05) is 20.8 Å². The van der Waals surface area contributed by atoms with Gasteiger partial charge in [-0.25, -0.2) is 0 Å². The summed E-state index contributed by atoms with van der Waals surface area (Å²) in [5.74, 6) is 0.394. The second-order valence-electron chi connectivity index (χ2n) is 4.74. The van der Waals surface area contributed by atoms with E-state index in [2.05, 4.69) is 0 Å². The fourth-order valence-electron chi connectivity index (χ4n) is 1.43. The summed E-state index contributed by atoms with van der Waals surface area (Å²) in [5, 5.41) is 0. The Balaban J connectivity index is 3.09. The predicted molar refractivity (Wildman–Crippen MR) is 59.7 cm³/mol. The SMILES string of the molecule is CC(C)(C)Oc1ccc(C(F)(F)F)c(CN)c1. The molecule has 0 aliphatic carbocycles. The first-order chi connectivity index (χ1) is 7.63. The zero-order chi connectivity index (χ0) is 13.3.